The van der Waals surface area contributed by atoms with E-state index in [1.807, 2.05) is 29.9 Å². The van der Waals surface area contributed by atoms with Gasteiger partial charge in [0.15, 0.2) is 0 Å². The molecule has 1 unspecified atom stereocenters. The van der Waals surface area contributed by atoms with Crippen molar-refractivity contribution in [1.82, 2.24) is 15.1 Å². The van der Waals surface area contributed by atoms with E-state index >= 15 is 0 Å². The SMILES string of the molecule is CNC(c1cccc(Br)c1Cl)c1c(Br)cnn1CCOC. The molecule has 1 N–H and O–H groups in total. The van der Waals surface area contributed by atoms with E-state index in [2.05, 4.69) is 42.3 Å². The van der Waals surface area contributed by atoms with Gasteiger partial charge in [-0.3, -0.25) is 4.68 Å². The fraction of sp³-hybridized carbons (Fsp3) is 0.357. The van der Waals surface area contributed by atoms with Crippen LogP contribution in [0.15, 0.2) is 33.3 Å². The number of halogens is 3. The Hall–Kier alpha value is -0.400. The number of benzene rings is 1. The van der Waals surface area contributed by atoms with Gasteiger partial charge in [0.2, 0.25) is 0 Å². The minimum absolute atomic E-state index is 0.0660. The lowest BCUT2D eigenvalue weighted by atomic mass is 10.0. The Morgan fingerprint density at radius 1 is 1.38 bits per heavy atom. The summed E-state index contributed by atoms with van der Waals surface area (Å²) in [6.45, 7) is 1.28. The maximum absolute atomic E-state index is 6.44. The minimum Gasteiger partial charge on any atom is -0.383 e. The molecular weight excluding hydrogens is 421 g/mol. The first-order valence-corrected chi connectivity index (χ1v) is 8.37. The van der Waals surface area contributed by atoms with Crippen molar-refractivity contribution in [2.45, 2.75) is 12.6 Å². The highest BCUT2D eigenvalue weighted by molar-refractivity contribution is 9.10. The molecule has 7 heteroatoms. The maximum Gasteiger partial charge on any atom is 0.0772 e. The van der Waals surface area contributed by atoms with Gasteiger partial charge in [0.05, 0.1) is 40.6 Å². The molecule has 114 valence electrons. The van der Waals surface area contributed by atoms with Gasteiger partial charge in [0.1, 0.15) is 0 Å². The number of ether oxygens (including phenoxy) is 1. The number of nitrogens with zero attached hydrogens (tertiary/aromatic N) is 2. The fourth-order valence-electron chi connectivity index (χ4n) is 2.20. The molecule has 2 rings (SSSR count). The van der Waals surface area contributed by atoms with Crippen molar-refractivity contribution < 1.29 is 4.74 Å². The van der Waals surface area contributed by atoms with Crippen LogP contribution in [0.25, 0.3) is 0 Å². The average Bonchev–Trinajstić information content (AvgIpc) is 2.83. The first-order valence-electron chi connectivity index (χ1n) is 6.41. The molecule has 1 heterocycles. The molecule has 0 amide bonds. The van der Waals surface area contributed by atoms with E-state index in [1.165, 1.54) is 0 Å². The monoisotopic (exact) mass is 435 g/mol. The van der Waals surface area contributed by atoms with Crippen LogP contribution >= 0.6 is 43.5 Å². The Morgan fingerprint density at radius 3 is 2.81 bits per heavy atom. The smallest absolute Gasteiger partial charge is 0.0772 e. The Labute approximate surface area is 146 Å². The van der Waals surface area contributed by atoms with Crippen molar-refractivity contribution in [2.75, 3.05) is 20.8 Å². The van der Waals surface area contributed by atoms with Crippen LogP contribution in [0, 0.1) is 0 Å². The van der Waals surface area contributed by atoms with Crippen molar-refractivity contribution in [2.24, 2.45) is 0 Å². The number of aromatic nitrogens is 2. The molecule has 0 radical (unpaired) electrons. The lowest BCUT2D eigenvalue weighted by Gasteiger charge is -2.21. The Balaban J connectivity index is 2.46. The molecule has 1 atom stereocenters. The number of methoxy groups -OCH3 is 1. The summed E-state index contributed by atoms with van der Waals surface area (Å²) >= 11 is 13.5. The number of nitrogens with one attached hydrogen (secondary N) is 1. The van der Waals surface area contributed by atoms with Crippen LogP contribution in [-0.2, 0) is 11.3 Å². The summed E-state index contributed by atoms with van der Waals surface area (Å²) in [5.74, 6) is 0. The molecule has 1 aromatic heterocycles. The molecule has 0 saturated heterocycles. The predicted molar refractivity (Wildman–Crippen MR) is 91.9 cm³/mol. The van der Waals surface area contributed by atoms with Gasteiger partial charge in [-0.05, 0) is 50.5 Å². The molecule has 0 aliphatic heterocycles. The van der Waals surface area contributed by atoms with Crippen LogP contribution in [-0.4, -0.2) is 30.5 Å². The Kier molecular flexibility index (Phi) is 6.25. The normalized spacial score (nSPS) is 12.6. The first-order chi connectivity index (χ1) is 10.1. The van der Waals surface area contributed by atoms with Gasteiger partial charge in [-0.15, -0.1) is 0 Å². The van der Waals surface area contributed by atoms with Gasteiger partial charge in [-0.1, -0.05) is 23.7 Å². The third-order valence-electron chi connectivity index (χ3n) is 3.20. The number of hydrogen-bond donors (Lipinski definition) is 1. The van der Waals surface area contributed by atoms with Gasteiger partial charge in [0, 0.05) is 11.6 Å². The van der Waals surface area contributed by atoms with Crippen LogP contribution in [0.3, 0.4) is 0 Å². The zero-order chi connectivity index (χ0) is 15.4. The van der Waals surface area contributed by atoms with Gasteiger partial charge in [0.25, 0.3) is 0 Å². The third-order valence-corrected chi connectivity index (χ3v) is 5.12. The molecule has 21 heavy (non-hydrogen) atoms. The topological polar surface area (TPSA) is 39.1 Å². The van der Waals surface area contributed by atoms with E-state index in [4.69, 9.17) is 16.3 Å². The summed E-state index contributed by atoms with van der Waals surface area (Å²) in [4.78, 5) is 0. The van der Waals surface area contributed by atoms with Gasteiger partial charge in [-0.2, -0.15) is 5.10 Å². The molecule has 4 nitrogen and oxygen atoms in total. The minimum atomic E-state index is -0.0660. The zero-order valence-electron chi connectivity index (χ0n) is 11.7. The van der Waals surface area contributed by atoms with E-state index in [0.717, 1.165) is 20.2 Å². The molecule has 2 aromatic rings. The van der Waals surface area contributed by atoms with E-state index in [1.54, 1.807) is 13.3 Å². The molecule has 0 spiro atoms. The van der Waals surface area contributed by atoms with Crippen molar-refractivity contribution in [1.29, 1.82) is 0 Å². The van der Waals surface area contributed by atoms with Crippen LogP contribution in [0.5, 0.6) is 0 Å². The second-order valence-corrected chi connectivity index (χ2v) is 6.55. The van der Waals surface area contributed by atoms with Gasteiger partial charge < -0.3 is 10.1 Å². The van der Waals surface area contributed by atoms with Crippen molar-refractivity contribution in [3.8, 4) is 0 Å². The highest BCUT2D eigenvalue weighted by Crippen LogP contribution is 2.35. The van der Waals surface area contributed by atoms with Crippen LogP contribution in [0.1, 0.15) is 17.3 Å². The van der Waals surface area contributed by atoms with Crippen molar-refractivity contribution in [3.05, 3.63) is 49.6 Å². The lowest BCUT2D eigenvalue weighted by molar-refractivity contribution is 0.182. The average molecular weight is 438 g/mol. The predicted octanol–water partition coefficient (Wildman–Crippen LogP) is 4.02. The summed E-state index contributed by atoms with van der Waals surface area (Å²) in [7, 11) is 3.58. The Bertz CT molecular complexity index is 618. The second kappa shape index (κ2) is 7.74. The van der Waals surface area contributed by atoms with Crippen LogP contribution < -0.4 is 5.32 Å². The van der Waals surface area contributed by atoms with Gasteiger partial charge >= 0.3 is 0 Å². The molecule has 0 bridgehead atoms. The van der Waals surface area contributed by atoms with Crippen LogP contribution in [0.2, 0.25) is 5.02 Å². The summed E-state index contributed by atoms with van der Waals surface area (Å²) < 4.78 is 8.88. The molecule has 0 aliphatic carbocycles. The van der Waals surface area contributed by atoms with Crippen LogP contribution in [0.4, 0.5) is 0 Å². The second-order valence-electron chi connectivity index (χ2n) is 4.46. The quantitative estimate of drug-likeness (QED) is 0.742. The number of rotatable bonds is 6. The molecule has 1 aromatic carbocycles. The zero-order valence-corrected chi connectivity index (χ0v) is 15.7. The molecular formula is C14H16Br2ClN3O. The standard InChI is InChI=1S/C14H16Br2ClN3O/c1-18-13(9-4-3-5-10(15)12(9)17)14-11(16)8-19-20(14)6-7-21-2/h3-5,8,13,18H,6-7H2,1-2H3. The van der Waals surface area contributed by atoms with Gasteiger partial charge in [-0.25, -0.2) is 0 Å². The molecule has 0 fully saturated rings. The largest absolute Gasteiger partial charge is 0.383 e. The summed E-state index contributed by atoms with van der Waals surface area (Å²) in [5.41, 5.74) is 2.02. The lowest BCUT2D eigenvalue weighted by Crippen LogP contribution is -2.23. The van der Waals surface area contributed by atoms with E-state index < -0.39 is 0 Å². The Morgan fingerprint density at radius 2 is 2.14 bits per heavy atom. The van der Waals surface area contributed by atoms with E-state index in [9.17, 15) is 0 Å². The number of hydrogen-bond acceptors (Lipinski definition) is 3. The fourth-order valence-corrected chi connectivity index (χ4v) is 3.34. The summed E-state index contributed by atoms with van der Waals surface area (Å²) in [5, 5.41) is 8.40. The third kappa shape index (κ3) is 3.68. The highest BCUT2D eigenvalue weighted by Gasteiger charge is 2.23. The van der Waals surface area contributed by atoms with E-state index in [-0.39, 0.29) is 6.04 Å². The molecule has 0 saturated carbocycles. The van der Waals surface area contributed by atoms with Crippen molar-refractivity contribution >= 4 is 43.5 Å². The molecule has 0 aliphatic rings. The maximum atomic E-state index is 6.44. The summed E-state index contributed by atoms with van der Waals surface area (Å²) in [6.07, 6.45) is 1.79. The first kappa shape index (κ1) is 17.0. The van der Waals surface area contributed by atoms with Crippen molar-refractivity contribution in [3.63, 3.8) is 0 Å². The summed E-state index contributed by atoms with van der Waals surface area (Å²) in [6, 6.07) is 5.84. The van der Waals surface area contributed by atoms with E-state index in [0.29, 0.717) is 18.2 Å². The highest BCUT2D eigenvalue weighted by atomic mass is 79.9.